The number of aliphatic hydroxyl groups is 1. The van der Waals surface area contributed by atoms with Gasteiger partial charge in [-0.1, -0.05) is 0 Å². The van der Waals surface area contributed by atoms with Crippen LogP contribution in [0.25, 0.3) is 0 Å². The fraction of sp³-hybridized carbons (Fsp3) is 0.579. The first kappa shape index (κ1) is 21.5. The summed E-state index contributed by atoms with van der Waals surface area (Å²) in [7, 11) is -1.88. The second-order valence-corrected chi connectivity index (χ2v) is 9.79. The first-order valence-corrected chi connectivity index (χ1v) is 11.7. The Morgan fingerprint density at radius 1 is 1.26 bits per heavy atom. The van der Waals surface area contributed by atoms with Gasteiger partial charge in [-0.15, -0.1) is 0 Å². The molecule has 4 rings (SSSR count). The molecule has 31 heavy (non-hydrogen) atoms. The van der Waals surface area contributed by atoms with E-state index in [2.05, 4.69) is 20.4 Å². The van der Waals surface area contributed by atoms with Gasteiger partial charge in [-0.05, 0) is 32.1 Å². The van der Waals surface area contributed by atoms with Crippen molar-refractivity contribution in [1.82, 2.24) is 24.1 Å². The van der Waals surface area contributed by atoms with Crippen LogP contribution in [0.3, 0.4) is 0 Å². The molecule has 0 spiro atoms. The summed E-state index contributed by atoms with van der Waals surface area (Å²) < 4.78 is 34.2. The van der Waals surface area contributed by atoms with E-state index in [0.29, 0.717) is 44.7 Å². The molecule has 12 heteroatoms. The molecule has 2 aromatic rings. The van der Waals surface area contributed by atoms with E-state index in [1.807, 2.05) is 6.07 Å². The van der Waals surface area contributed by atoms with Crippen molar-refractivity contribution in [2.24, 2.45) is 7.05 Å². The molecule has 0 unspecified atom stereocenters. The van der Waals surface area contributed by atoms with Crippen LogP contribution in [0.4, 0.5) is 5.95 Å². The van der Waals surface area contributed by atoms with Gasteiger partial charge < -0.3 is 15.2 Å². The highest BCUT2D eigenvalue weighted by molar-refractivity contribution is 7.89. The van der Waals surface area contributed by atoms with E-state index >= 15 is 0 Å². The SMILES string of the molecule is Cn1cc(S(=O)(=O)N2CCC(Nc3ncc(C#N)c(O[C@@H]4CCC[C@H]4O)n3)CC2)cn1. The molecule has 2 atom stereocenters. The van der Waals surface area contributed by atoms with Crippen molar-refractivity contribution in [1.29, 1.82) is 5.26 Å². The van der Waals surface area contributed by atoms with E-state index < -0.39 is 16.1 Å². The van der Waals surface area contributed by atoms with Crippen LogP contribution in [0.15, 0.2) is 23.5 Å². The van der Waals surface area contributed by atoms with Gasteiger partial charge in [0.05, 0.1) is 18.5 Å². The van der Waals surface area contributed by atoms with Gasteiger partial charge >= 0.3 is 0 Å². The molecule has 0 aromatic carbocycles. The Labute approximate surface area is 180 Å². The van der Waals surface area contributed by atoms with Gasteiger partial charge in [0.2, 0.25) is 21.9 Å². The Balaban J connectivity index is 1.39. The Kier molecular flexibility index (Phi) is 6.08. The van der Waals surface area contributed by atoms with Crippen molar-refractivity contribution < 1.29 is 18.3 Å². The van der Waals surface area contributed by atoms with E-state index in [1.54, 1.807) is 7.05 Å². The maximum absolute atomic E-state index is 12.7. The van der Waals surface area contributed by atoms with Crippen LogP contribution in [-0.4, -0.2) is 68.9 Å². The van der Waals surface area contributed by atoms with Crippen LogP contribution in [0, 0.1) is 11.3 Å². The molecule has 166 valence electrons. The van der Waals surface area contributed by atoms with E-state index in [1.165, 1.54) is 27.6 Å². The summed E-state index contributed by atoms with van der Waals surface area (Å²) >= 11 is 0. The second-order valence-electron chi connectivity index (χ2n) is 7.85. The van der Waals surface area contributed by atoms with E-state index in [4.69, 9.17) is 4.74 Å². The predicted octanol–water partition coefficient (Wildman–Crippen LogP) is 0.639. The van der Waals surface area contributed by atoms with E-state index in [0.717, 1.165) is 6.42 Å². The van der Waals surface area contributed by atoms with Gasteiger partial charge in [-0.3, -0.25) is 4.68 Å². The van der Waals surface area contributed by atoms with Crippen molar-refractivity contribution in [3.05, 3.63) is 24.2 Å². The molecule has 1 aliphatic heterocycles. The molecule has 0 bridgehead atoms. The molecule has 2 fully saturated rings. The smallest absolute Gasteiger partial charge is 0.246 e. The third-order valence-electron chi connectivity index (χ3n) is 5.66. The molecule has 1 aliphatic carbocycles. The number of piperidine rings is 1. The van der Waals surface area contributed by atoms with Crippen molar-refractivity contribution in [2.75, 3.05) is 18.4 Å². The van der Waals surface area contributed by atoms with Gasteiger partial charge in [0.1, 0.15) is 22.6 Å². The molecular weight excluding hydrogens is 422 g/mol. The lowest BCUT2D eigenvalue weighted by Gasteiger charge is -2.31. The monoisotopic (exact) mass is 447 g/mol. The number of hydrogen-bond acceptors (Lipinski definition) is 9. The first-order chi connectivity index (χ1) is 14.9. The quantitative estimate of drug-likeness (QED) is 0.651. The van der Waals surface area contributed by atoms with Gasteiger partial charge in [0.25, 0.3) is 0 Å². The molecule has 0 amide bonds. The highest BCUT2D eigenvalue weighted by atomic mass is 32.2. The van der Waals surface area contributed by atoms with Crippen LogP contribution in [0.2, 0.25) is 0 Å². The minimum atomic E-state index is -3.56. The van der Waals surface area contributed by atoms with Crippen LogP contribution < -0.4 is 10.1 Å². The highest BCUT2D eigenvalue weighted by Crippen LogP contribution is 2.27. The maximum Gasteiger partial charge on any atom is 0.246 e. The number of anilines is 1. The number of rotatable bonds is 6. The van der Waals surface area contributed by atoms with E-state index in [-0.39, 0.29) is 28.5 Å². The van der Waals surface area contributed by atoms with Gasteiger partial charge in [0.15, 0.2) is 0 Å². The molecular formula is C19H25N7O4S. The Bertz CT molecular complexity index is 1070. The molecule has 2 N–H and O–H groups in total. The summed E-state index contributed by atoms with van der Waals surface area (Å²) in [6, 6.07) is 2.00. The van der Waals surface area contributed by atoms with Crippen molar-refractivity contribution in [3.8, 4) is 11.9 Å². The number of sulfonamides is 1. The lowest BCUT2D eigenvalue weighted by atomic mass is 10.1. The highest BCUT2D eigenvalue weighted by Gasteiger charge is 2.31. The fourth-order valence-electron chi connectivity index (χ4n) is 3.89. The van der Waals surface area contributed by atoms with Crippen molar-refractivity contribution >= 4 is 16.0 Å². The van der Waals surface area contributed by atoms with Gasteiger partial charge in [-0.25, -0.2) is 13.4 Å². The summed E-state index contributed by atoms with van der Waals surface area (Å²) in [5, 5.41) is 26.5. The average Bonchev–Trinajstić information content (AvgIpc) is 3.37. The third-order valence-corrected chi connectivity index (χ3v) is 7.51. The molecule has 1 saturated heterocycles. The minimum absolute atomic E-state index is 0.0156. The number of aryl methyl sites for hydroxylation is 1. The zero-order valence-corrected chi connectivity index (χ0v) is 18.0. The lowest BCUT2D eigenvalue weighted by molar-refractivity contribution is 0.0572. The van der Waals surface area contributed by atoms with Crippen LogP contribution in [0.5, 0.6) is 5.88 Å². The third kappa shape index (κ3) is 4.63. The second kappa shape index (κ2) is 8.78. The predicted molar refractivity (Wildman–Crippen MR) is 110 cm³/mol. The Morgan fingerprint density at radius 2 is 2.03 bits per heavy atom. The van der Waals surface area contributed by atoms with Crippen LogP contribution in [0.1, 0.15) is 37.7 Å². The standard InChI is InChI=1S/C19H25N7O4S/c1-25-12-15(11-22-25)31(28,29)26-7-5-14(6-8-26)23-19-21-10-13(9-20)18(24-19)30-17-4-2-3-16(17)27/h10-12,14,16-17,27H,2-8H2,1H3,(H,21,23,24)/t16-,17-/m1/s1. The van der Waals surface area contributed by atoms with Crippen molar-refractivity contribution in [2.45, 2.75) is 55.2 Å². The lowest BCUT2D eigenvalue weighted by Crippen LogP contribution is -2.42. The summed E-state index contributed by atoms with van der Waals surface area (Å²) in [5.41, 5.74) is 0.210. The normalized spacial score (nSPS) is 22.9. The number of ether oxygens (including phenoxy) is 1. The molecule has 11 nitrogen and oxygen atoms in total. The van der Waals surface area contributed by atoms with Crippen LogP contribution in [-0.2, 0) is 17.1 Å². The molecule has 0 radical (unpaired) electrons. The number of hydrogen-bond donors (Lipinski definition) is 2. The molecule has 2 aromatic heterocycles. The zero-order chi connectivity index (χ0) is 22.0. The minimum Gasteiger partial charge on any atom is -0.471 e. The summed E-state index contributed by atoms with van der Waals surface area (Å²) in [6.07, 6.45) is 6.71. The summed E-state index contributed by atoms with van der Waals surface area (Å²) in [5.74, 6) is 0.470. The van der Waals surface area contributed by atoms with E-state index in [9.17, 15) is 18.8 Å². The number of aliphatic hydroxyl groups excluding tert-OH is 1. The topological polar surface area (TPSA) is 146 Å². The van der Waals surface area contributed by atoms with Crippen molar-refractivity contribution in [3.63, 3.8) is 0 Å². The number of nitrogens with zero attached hydrogens (tertiary/aromatic N) is 6. The number of aromatic nitrogens is 4. The fourth-order valence-corrected chi connectivity index (χ4v) is 5.35. The average molecular weight is 448 g/mol. The number of nitrogens with one attached hydrogen (secondary N) is 1. The zero-order valence-electron chi connectivity index (χ0n) is 17.2. The molecule has 3 heterocycles. The first-order valence-electron chi connectivity index (χ1n) is 10.2. The van der Waals surface area contributed by atoms with Crippen LogP contribution >= 0.6 is 0 Å². The Hall–Kier alpha value is -2.75. The molecule has 1 saturated carbocycles. The largest absolute Gasteiger partial charge is 0.471 e. The van der Waals surface area contributed by atoms with Gasteiger partial charge in [-0.2, -0.15) is 19.6 Å². The number of nitriles is 1. The van der Waals surface area contributed by atoms with Gasteiger partial charge in [0, 0.05) is 32.4 Å². The molecule has 2 aliphatic rings. The Morgan fingerprint density at radius 3 is 2.65 bits per heavy atom. The maximum atomic E-state index is 12.7. The summed E-state index contributed by atoms with van der Waals surface area (Å²) in [4.78, 5) is 8.71. The summed E-state index contributed by atoms with van der Waals surface area (Å²) in [6.45, 7) is 0.728.